The zero-order valence-electron chi connectivity index (χ0n) is 15.1. The summed E-state index contributed by atoms with van der Waals surface area (Å²) in [6.45, 7) is 5.16. The average Bonchev–Trinajstić information content (AvgIpc) is 3.11. The molecule has 142 valence electrons. The second-order valence-electron chi connectivity index (χ2n) is 6.50. The fourth-order valence-corrected chi connectivity index (χ4v) is 3.28. The second kappa shape index (κ2) is 8.84. The molecule has 0 spiro atoms. The summed E-state index contributed by atoms with van der Waals surface area (Å²) in [5.41, 5.74) is 0. The molecule has 2 saturated heterocycles. The van der Waals surface area contributed by atoms with Gasteiger partial charge in [0.25, 0.3) is 0 Å². The van der Waals surface area contributed by atoms with Crippen LogP contribution in [0, 0.1) is 0 Å². The van der Waals surface area contributed by atoms with E-state index in [9.17, 15) is 9.59 Å². The van der Waals surface area contributed by atoms with Gasteiger partial charge in [0, 0.05) is 32.3 Å². The Morgan fingerprint density at radius 2 is 2.19 bits per heavy atom. The second-order valence-corrected chi connectivity index (χ2v) is 6.50. The van der Waals surface area contributed by atoms with Gasteiger partial charge in [0.2, 0.25) is 5.91 Å². The van der Waals surface area contributed by atoms with Crippen molar-refractivity contribution in [2.75, 3.05) is 39.4 Å². The van der Waals surface area contributed by atoms with Gasteiger partial charge in [-0.3, -0.25) is 9.78 Å². The molecule has 0 bridgehead atoms. The summed E-state index contributed by atoms with van der Waals surface area (Å²) >= 11 is 0. The Kier molecular flexibility index (Phi) is 6.27. The Bertz CT molecular complexity index is 606. The molecule has 8 nitrogen and oxygen atoms in total. The van der Waals surface area contributed by atoms with Gasteiger partial charge in [0.1, 0.15) is 17.9 Å². The summed E-state index contributed by atoms with van der Waals surface area (Å²) in [4.78, 5) is 32.9. The Morgan fingerprint density at radius 3 is 2.88 bits per heavy atom. The fraction of sp³-hybridized carbons (Fsp3) is 0.611. The van der Waals surface area contributed by atoms with Crippen LogP contribution in [0.1, 0.15) is 19.8 Å². The third-order valence-electron chi connectivity index (χ3n) is 4.59. The van der Waals surface area contributed by atoms with E-state index < -0.39 is 6.04 Å². The Morgan fingerprint density at radius 1 is 1.38 bits per heavy atom. The van der Waals surface area contributed by atoms with E-state index in [0.29, 0.717) is 51.6 Å². The first-order valence-electron chi connectivity index (χ1n) is 9.16. The standard InChI is InChI=1S/C18H26N4O4/c1-2-5-20-18(24)22-13-15(26-14-4-3-6-19-12-14)11-16(22)17(23)21-7-9-25-10-8-21/h3-4,6,12,15-16H,2,5,7-11,13H2,1H3,(H,20,24)/t15-,16+/m0/s1. The topological polar surface area (TPSA) is 84.0 Å². The minimum Gasteiger partial charge on any atom is -0.487 e. The monoisotopic (exact) mass is 362 g/mol. The molecule has 0 unspecified atom stereocenters. The number of ether oxygens (including phenoxy) is 2. The van der Waals surface area contributed by atoms with Crippen LogP contribution < -0.4 is 10.1 Å². The smallest absolute Gasteiger partial charge is 0.318 e. The van der Waals surface area contributed by atoms with Crippen LogP contribution in [0.3, 0.4) is 0 Å². The summed E-state index contributed by atoms with van der Waals surface area (Å²) in [5, 5.41) is 2.87. The van der Waals surface area contributed by atoms with Crippen LogP contribution in [-0.4, -0.2) is 78.3 Å². The van der Waals surface area contributed by atoms with E-state index in [1.54, 1.807) is 28.3 Å². The highest BCUT2D eigenvalue weighted by Gasteiger charge is 2.42. The number of nitrogens with zero attached hydrogens (tertiary/aromatic N) is 3. The minimum absolute atomic E-state index is 0.0303. The number of carbonyl (C=O) groups is 2. The van der Waals surface area contributed by atoms with Crippen molar-refractivity contribution >= 4 is 11.9 Å². The molecule has 2 aliphatic rings. The molecule has 2 aliphatic heterocycles. The number of morpholine rings is 1. The van der Waals surface area contributed by atoms with E-state index in [2.05, 4.69) is 10.3 Å². The highest BCUT2D eigenvalue weighted by molar-refractivity contribution is 5.88. The molecule has 8 heteroatoms. The number of nitrogens with one attached hydrogen (secondary N) is 1. The van der Waals surface area contributed by atoms with Gasteiger partial charge in [-0.15, -0.1) is 0 Å². The van der Waals surface area contributed by atoms with Gasteiger partial charge in [-0.2, -0.15) is 0 Å². The van der Waals surface area contributed by atoms with E-state index in [1.807, 2.05) is 13.0 Å². The first kappa shape index (κ1) is 18.4. The molecule has 3 amide bonds. The third-order valence-corrected chi connectivity index (χ3v) is 4.59. The lowest BCUT2D eigenvalue weighted by atomic mass is 10.1. The predicted octanol–water partition coefficient (Wildman–Crippen LogP) is 0.882. The average molecular weight is 362 g/mol. The highest BCUT2D eigenvalue weighted by Crippen LogP contribution is 2.24. The summed E-state index contributed by atoms with van der Waals surface area (Å²) < 4.78 is 11.3. The third kappa shape index (κ3) is 4.43. The van der Waals surface area contributed by atoms with Crippen molar-refractivity contribution in [2.45, 2.75) is 31.9 Å². The van der Waals surface area contributed by atoms with E-state index in [1.165, 1.54) is 0 Å². The molecule has 2 atom stereocenters. The van der Waals surface area contributed by atoms with Gasteiger partial charge >= 0.3 is 6.03 Å². The van der Waals surface area contributed by atoms with E-state index >= 15 is 0 Å². The van der Waals surface area contributed by atoms with Crippen LogP contribution in [0.5, 0.6) is 5.75 Å². The van der Waals surface area contributed by atoms with Crippen molar-refractivity contribution in [1.29, 1.82) is 0 Å². The van der Waals surface area contributed by atoms with Crippen LogP contribution in [0.4, 0.5) is 4.79 Å². The minimum atomic E-state index is -0.508. The summed E-state index contributed by atoms with van der Waals surface area (Å²) in [5.74, 6) is 0.614. The van der Waals surface area contributed by atoms with Crippen molar-refractivity contribution in [3.63, 3.8) is 0 Å². The van der Waals surface area contributed by atoms with Crippen molar-refractivity contribution in [3.8, 4) is 5.75 Å². The number of aromatic nitrogens is 1. The Hall–Kier alpha value is -2.35. The van der Waals surface area contributed by atoms with Crippen LogP contribution >= 0.6 is 0 Å². The molecule has 1 N–H and O–H groups in total. The quantitative estimate of drug-likeness (QED) is 0.841. The predicted molar refractivity (Wildman–Crippen MR) is 94.9 cm³/mol. The van der Waals surface area contributed by atoms with Crippen molar-refractivity contribution < 1.29 is 19.1 Å². The van der Waals surface area contributed by atoms with Gasteiger partial charge in [0.05, 0.1) is 26.0 Å². The van der Waals surface area contributed by atoms with Crippen LogP contribution in [-0.2, 0) is 9.53 Å². The highest BCUT2D eigenvalue weighted by atomic mass is 16.5. The Labute approximate surface area is 153 Å². The molecule has 3 heterocycles. The van der Waals surface area contributed by atoms with Crippen molar-refractivity contribution in [3.05, 3.63) is 24.5 Å². The molecule has 0 saturated carbocycles. The number of likely N-dealkylation sites (tertiary alicyclic amines) is 1. The molecule has 1 aromatic rings. The lowest BCUT2D eigenvalue weighted by molar-refractivity contribution is -0.139. The van der Waals surface area contributed by atoms with E-state index in [-0.39, 0.29) is 18.0 Å². The Balaban J connectivity index is 1.70. The van der Waals surface area contributed by atoms with Crippen LogP contribution in [0.2, 0.25) is 0 Å². The normalized spacial score (nSPS) is 23.0. The maximum absolute atomic E-state index is 13.0. The largest absolute Gasteiger partial charge is 0.487 e. The number of amides is 3. The first-order chi connectivity index (χ1) is 12.7. The molecule has 26 heavy (non-hydrogen) atoms. The van der Waals surface area contributed by atoms with Gasteiger partial charge < -0.3 is 24.6 Å². The summed E-state index contributed by atoms with van der Waals surface area (Å²) in [6.07, 6.45) is 4.40. The SMILES string of the molecule is CCCNC(=O)N1C[C@@H](Oc2cccnc2)C[C@@H]1C(=O)N1CCOCC1. The van der Waals surface area contributed by atoms with Gasteiger partial charge in [-0.25, -0.2) is 4.79 Å². The summed E-state index contributed by atoms with van der Waals surface area (Å²) in [7, 11) is 0. The van der Waals surface area contributed by atoms with Gasteiger partial charge in [-0.05, 0) is 18.6 Å². The van der Waals surface area contributed by atoms with Crippen molar-refractivity contribution in [1.82, 2.24) is 20.1 Å². The molecular weight excluding hydrogens is 336 g/mol. The lowest BCUT2D eigenvalue weighted by Crippen LogP contribution is -2.53. The van der Waals surface area contributed by atoms with Crippen LogP contribution in [0.25, 0.3) is 0 Å². The molecule has 3 rings (SSSR count). The van der Waals surface area contributed by atoms with Gasteiger partial charge in [0.15, 0.2) is 0 Å². The van der Waals surface area contributed by atoms with E-state index in [4.69, 9.17) is 9.47 Å². The molecule has 0 aromatic carbocycles. The number of urea groups is 1. The number of hydrogen-bond donors (Lipinski definition) is 1. The molecular formula is C18H26N4O4. The lowest BCUT2D eigenvalue weighted by Gasteiger charge is -2.32. The fourth-order valence-electron chi connectivity index (χ4n) is 3.28. The number of carbonyl (C=O) groups excluding carboxylic acids is 2. The summed E-state index contributed by atoms with van der Waals surface area (Å²) in [6, 6.07) is 2.90. The van der Waals surface area contributed by atoms with Crippen molar-refractivity contribution in [2.24, 2.45) is 0 Å². The number of hydrogen-bond acceptors (Lipinski definition) is 5. The van der Waals surface area contributed by atoms with E-state index in [0.717, 1.165) is 6.42 Å². The first-order valence-corrected chi connectivity index (χ1v) is 9.16. The zero-order chi connectivity index (χ0) is 18.4. The zero-order valence-corrected chi connectivity index (χ0v) is 15.1. The van der Waals surface area contributed by atoms with Crippen LogP contribution in [0.15, 0.2) is 24.5 Å². The molecule has 1 aromatic heterocycles. The number of pyridine rings is 1. The number of rotatable bonds is 5. The molecule has 2 fully saturated rings. The molecule has 0 aliphatic carbocycles. The molecule has 0 radical (unpaired) electrons. The maximum Gasteiger partial charge on any atom is 0.318 e. The van der Waals surface area contributed by atoms with Gasteiger partial charge in [-0.1, -0.05) is 6.92 Å². The maximum atomic E-state index is 13.0.